The van der Waals surface area contributed by atoms with Gasteiger partial charge in [0, 0.05) is 24.0 Å². The predicted octanol–water partition coefficient (Wildman–Crippen LogP) is 3.64. The Kier molecular flexibility index (Phi) is 4.89. The van der Waals surface area contributed by atoms with Crippen molar-refractivity contribution in [1.29, 1.82) is 0 Å². The van der Waals surface area contributed by atoms with Crippen molar-refractivity contribution in [2.75, 3.05) is 17.2 Å². The number of rotatable bonds is 1. The second-order valence-electron chi connectivity index (χ2n) is 7.00. The van der Waals surface area contributed by atoms with Gasteiger partial charge in [-0.25, -0.2) is 9.37 Å². The van der Waals surface area contributed by atoms with Crippen LogP contribution in [0.4, 0.5) is 29.1 Å². The monoisotopic (exact) mass is 429 g/mol. The van der Waals surface area contributed by atoms with Crippen molar-refractivity contribution in [2.24, 2.45) is 0 Å². The number of benzene rings is 1. The largest absolute Gasteiger partial charge is 0.419 e. The maximum atomic E-state index is 14.1. The number of alkyl halides is 3. The Morgan fingerprint density at radius 3 is 2.58 bits per heavy atom. The molecule has 10 heteroatoms. The van der Waals surface area contributed by atoms with E-state index in [9.17, 15) is 22.4 Å². The molecule has 6 nitrogen and oxygen atoms in total. The maximum absolute atomic E-state index is 14.1. The molecular weight excluding hydrogens is 414 g/mol. The number of hydrogen-bond acceptors (Lipinski definition) is 4. The molecule has 31 heavy (non-hydrogen) atoms. The van der Waals surface area contributed by atoms with E-state index in [2.05, 4.69) is 21.9 Å². The quantitative estimate of drug-likeness (QED) is 0.473. The smallest absolute Gasteiger partial charge is 0.384 e. The Morgan fingerprint density at radius 1 is 1.16 bits per heavy atom. The number of anilines is 2. The zero-order valence-corrected chi connectivity index (χ0v) is 16.1. The number of pyridine rings is 1. The van der Waals surface area contributed by atoms with Crippen LogP contribution in [0.15, 0.2) is 42.7 Å². The molecule has 1 aliphatic rings. The van der Waals surface area contributed by atoms with Gasteiger partial charge in [0.2, 0.25) is 0 Å². The molecule has 0 spiro atoms. The van der Waals surface area contributed by atoms with E-state index in [-0.39, 0.29) is 24.0 Å². The third kappa shape index (κ3) is 3.82. The van der Waals surface area contributed by atoms with Crippen LogP contribution in [0.1, 0.15) is 40.1 Å². The summed E-state index contributed by atoms with van der Waals surface area (Å²) in [5.41, 5.74) is 5.27. The SMILES string of the molecule is C[C@H]1CN(c2ccc(C(F)(F)F)c(F)c2)C(=O)c2c(C#Cc3ccc(N)nc3)cnn21. The minimum atomic E-state index is -4.82. The topological polar surface area (TPSA) is 77.0 Å². The first-order valence-electron chi connectivity index (χ1n) is 9.15. The van der Waals surface area contributed by atoms with Crippen molar-refractivity contribution in [2.45, 2.75) is 19.1 Å². The molecule has 0 unspecified atom stereocenters. The Bertz CT molecular complexity index is 1220. The van der Waals surface area contributed by atoms with Gasteiger partial charge in [-0.3, -0.25) is 9.48 Å². The summed E-state index contributed by atoms with van der Waals surface area (Å²) in [6.45, 7) is 1.91. The van der Waals surface area contributed by atoms with Gasteiger partial charge in [-0.2, -0.15) is 18.3 Å². The number of nitrogens with two attached hydrogens (primary N) is 1. The normalized spacial score (nSPS) is 16.0. The molecule has 3 aromatic rings. The van der Waals surface area contributed by atoms with Crippen LogP contribution in [-0.4, -0.2) is 27.2 Å². The van der Waals surface area contributed by atoms with Crippen molar-refractivity contribution in [3.63, 3.8) is 0 Å². The zero-order chi connectivity index (χ0) is 22.3. The van der Waals surface area contributed by atoms with E-state index in [1.54, 1.807) is 19.1 Å². The van der Waals surface area contributed by atoms with Crippen LogP contribution >= 0.6 is 0 Å². The van der Waals surface area contributed by atoms with Crippen LogP contribution in [0.2, 0.25) is 0 Å². The molecule has 0 fully saturated rings. The molecule has 2 N–H and O–H groups in total. The van der Waals surface area contributed by atoms with Gasteiger partial charge in [-0.15, -0.1) is 0 Å². The number of fused-ring (bicyclic) bond motifs is 1. The van der Waals surface area contributed by atoms with Gasteiger partial charge in [0.25, 0.3) is 5.91 Å². The van der Waals surface area contributed by atoms with Gasteiger partial charge in [-0.1, -0.05) is 11.8 Å². The molecule has 3 heterocycles. The zero-order valence-electron chi connectivity index (χ0n) is 16.1. The van der Waals surface area contributed by atoms with Crippen molar-refractivity contribution in [1.82, 2.24) is 14.8 Å². The molecule has 1 amide bonds. The molecule has 0 bridgehead atoms. The summed E-state index contributed by atoms with van der Waals surface area (Å²) in [4.78, 5) is 18.3. The first-order chi connectivity index (χ1) is 14.6. The predicted molar refractivity (Wildman–Crippen MR) is 105 cm³/mol. The first-order valence-corrected chi connectivity index (χ1v) is 9.15. The molecule has 0 saturated heterocycles. The summed E-state index contributed by atoms with van der Waals surface area (Å²) in [6.07, 6.45) is -1.89. The molecule has 2 aromatic heterocycles. The number of halogens is 4. The number of amides is 1. The number of nitrogens with zero attached hydrogens (tertiary/aromatic N) is 4. The fourth-order valence-corrected chi connectivity index (χ4v) is 3.30. The van der Waals surface area contributed by atoms with Crippen LogP contribution in [0.5, 0.6) is 0 Å². The van der Waals surface area contributed by atoms with Crippen molar-refractivity contribution in [3.8, 4) is 11.8 Å². The van der Waals surface area contributed by atoms with E-state index in [1.165, 1.54) is 22.0 Å². The van der Waals surface area contributed by atoms with Gasteiger partial charge in [0.1, 0.15) is 17.3 Å². The fourth-order valence-electron chi connectivity index (χ4n) is 3.30. The van der Waals surface area contributed by atoms with Crippen LogP contribution in [0, 0.1) is 17.7 Å². The Labute approximate surface area is 174 Å². The second kappa shape index (κ2) is 7.43. The minimum Gasteiger partial charge on any atom is -0.384 e. The van der Waals surface area contributed by atoms with E-state index in [4.69, 9.17) is 5.73 Å². The highest BCUT2D eigenvalue weighted by Crippen LogP contribution is 2.34. The molecular formula is C21H15F4N5O. The highest BCUT2D eigenvalue weighted by Gasteiger charge is 2.36. The minimum absolute atomic E-state index is 0.0245. The molecule has 0 saturated carbocycles. The van der Waals surface area contributed by atoms with Gasteiger partial charge >= 0.3 is 6.18 Å². The molecule has 0 aliphatic carbocycles. The van der Waals surface area contributed by atoms with E-state index >= 15 is 0 Å². The molecule has 1 aromatic carbocycles. The summed E-state index contributed by atoms with van der Waals surface area (Å²) in [7, 11) is 0. The molecule has 1 aliphatic heterocycles. The summed E-state index contributed by atoms with van der Waals surface area (Å²) in [5.74, 6) is 4.11. The average Bonchev–Trinajstić information content (AvgIpc) is 3.14. The van der Waals surface area contributed by atoms with E-state index in [0.717, 1.165) is 6.07 Å². The summed E-state index contributed by atoms with van der Waals surface area (Å²) in [5, 5.41) is 4.21. The van der Waals surface area contributed by atoms with Crippen LogP contribution in [0.3, 0.4) is 0 Å². The van der Waals surface area contributed by atoms with Crippen LogP contribution in [-0.2, 0) is 6.18 Å². The van der Waals surface area contributed by atoms with Gasteiger partial charge in [0.05, 0.1) is 23.4 Å². The van der Waals surface area contributed by atoms with Gasteiger partial charge in [0.15, 0.2) is 0 Å². The van der Waals surface area contributed by atoms with Crippen molar-refractivity contribution >= 4 is 17.4 Å². The highest BCUT2D eigenvalue weighted by molar-refractivity contribution is 6.07. The van der Waals surface area contributed by atoms with Crippen molar-refractivity contribution < 1.29 is 22.4 Å². The second-order valence-corrected chi connectivity index (χ2v) is 7.00. The number of aromatic nitrogens is 3. The van der Waals surface area contributed by atoms with Gasteiger partial charge < -0.3 is 10.6 Å². The van der Waals surface area contributed by atoms with E-state index in [1.807, 2.05) is 0 Å². The molecule has 0 radical (unpaired) electrons. The number of hydrogen-bond donors (Lipinski definition) is 1. The third-order valence-corrected chi connectivity index (χ3v) is 4.81. The lowest BCUT2D eigenvalue weighted by Gasteiger charge is -2.32. The van der Waals surface area contributed by atoms with E-state index < -0.39 is 23.5 Å². The average molecular weight is 429 g/mol. The number of carbonyl (C=O) groups excluding carboxylic acids is 1. The Morgan fingerprint density at radius 2 is 1.94 bits per heavy atom. The first kappa shape index (κ1) is 20.4. The lowest BCUT2D eigenvalue weighted by molar-refractivity contribution is -0.139. The van der Waals surface area contributed by atoms with Crippen LogP contribution in [0.25, 0.3) is 0 Å². The highest BCUT2D eigenvalue weighted by atomic mass is 19.4. The lowest BCUT2D eigenvalue weighted by Crippen LogP contribution is -2.43. The van der Waals surface area contributed by atoms with Gasteiger partial charge in [-0.05, 0) is 37.3 Å². The number of nitrogen functional groups attached to an aromatic ring is 1. The summed E-state index contributed by atoms with van der Waals surface area (Å²) in [6, 6.07) is 5.38. The lowest BCUT2D eigenvalue weighted by atomic mass is 10.1. The van der Waals surface area contributed by atoms with Crippen LogP contribution < -0.4 is 10.6 Å². The molecule has 158 valence electrons. The summed E-state index contributed by atoms with van der Waals surface area (Å²) < 4.78 is 54.1. The standard InChI is InChI=1S/C21H15F4N5O/c1-12-11-29(15-5-6-16(17(22)8-15)21(23,24)25)20(31)19-14(10-28-30(12)19)4-2-13-3-7-18(26)27-9-13/h3,5-10,12H,11H2,1H3,(H2,26,27)/t12-/m0/s1. The fraction of sp³-hybridized carbons (Fsp3) is 0.190. The Hall–Kier alpha value is -3.87. The summed E-state index contributed by atoms with van der Waals surface area (Å²) >= 11 is 0. The van der Waals surface area contributed by atoms with Crippen molar-refractivity contribution in [3.05, 3.63) is 70.9 Å². The molecule has 4 rings (SSSR count). The maximum Gasteiger partial charge on any atom is 0.419 e. The van der Waals surface area contributed by atoms with E-state index in [0.29, 0.717) is 29.1 Å². The molecule has 1 atom stereocenters. The number of carbonyl (C=O) groups is 1. The Balaban J connectivity index is 1.70. The third-order valence-electron chi connectivity index (χ3n) is 4.81.